The maximum Gasteiger partial charge on any atom is 0.0406 e. The Hall–Kier alpha value is -0.920. The zero-order valence-electron chi connectivity index (χ0n) is 7.44. The van der Waals surface area contributed by atoms with E-state index in [4.69, 9.17) is 11.6 Å². The molecule has 0 radical (unpaired) electrons. The Morgan fingerprint density at radius 1 is 0.714 bits per heavy atom. The van der Waals surface area contributed by atoms with Crippen LogP contribution in [0, 0.1) is 0 Å². The lowest BCUT2D eigenvalue weighted by molar-refractivity contribution is 1.47. The van der Waals surface area contributed by atoms with Crippen molar-refractivity contribution >= 4 is 24.2 Å². The van der Waals surface area contributed by atoms with Crippen LogP contribution < -0.4 is 0 Å². The first kappa shape index (κ1) is 9.63. The number of benzene rings is 2. The van der Waals surface area contributed by atoms with Crippen molar-refractivity contribution in [2.75, 3.05) is 0 Å². The van der Waals surface area contributed by atoms with Gasteiger partial charge in [0.1, 0.15) is 0 Å². The fourth-order valence-electron chi connectivity index (χ4n) is 1.30. The van der Waals surface area contributed by atoms with Crippen molar-refractivity contribution in [3.8, 4) is 11.1 Å². The summed E-state index contributed by atoms with van der Waals surface area (Å²) in [6, 6.07) is 15.9. The fraction of sp³-hybridized carbons (Fsp3) is 0. The van der Waals surface area contributed by atoms with Gasteiger partial charge in [0.15, 0.2) is 0 Å². The average Bonchev–Trinajstić information content (AvgIpc) is 2.21. The third kappa shape index (κ3) is 2.11. The molecule has 0 aliphatic rings. The quantitative estimate of drug-likeness (QED) is 0.681. The molecule has 0 heterocycles. The van der Waals surface area contributed by atoms with Crippen molar-refractivity contribution in [1.29, 1.82) is 0 Å². The third-order valence-corrected chi connectivity index (χ3v) is 2.59. The fourth-order valence-corrected chi connectivity index (χ4v) is 1.57. The Bertz CT molecular complexity index is 374. The lowest BCUT2D eigenvalue weighted by Crippen LogP contribution is -1.76. The van der Waals surface area contributed by atoms with Crippen LogP contribution in [0.3, 0.4) is 0 Å². The molecule has 0 unspecified atom stereocenters. The van der Waals surface area contributed by atoms with Gasteiger partial charge in [0, 0.05) is 9.92 Å². The van der Waals surface area contributed by atoms with E-state index in [0.29, 0.717) is 0 Å². The first-order chi connectivity index (χ1) is 6.75. The third-order valence-electron chi connectivity index (χ3n) is 2.04. The molecule has 0 bridgehead atoms. The number of halogens is 1. The number of hydrogen-bond acceptors (Lipinski definition) is 1. The van der Waals surface area contributed by atoms with Crippen molar-refractivity contribution < 1.29 is 0 Å². The zero-order valence-corrected chi connectivity index (χ0v) is 9.09. The molecular formula is C12H9ClS. The van der Waals surface area contributed by atoms with Crippen molar-refractivity contribution in [3.63, 3.8) is 0 Å². The molecule has 0 aliphatic carbocycles. The van der Waals surface area contributed by atoms with E-state index >= 15 is 0 Å². The summed E-state index contributed by atoms with van der Waals surface area (Å²) in [6.07, 6.45) is 0. The molecule has 14 heavy (non-hydrogen) atoms. The van der Waals surface area contributed by atoms with Crippen LogP contribution in [0.25, 0.3) is 11.1 Å². The van der Waals surface area contributed by atoms with E-state index < -0.39 is 0 Å². The van der Waals surface area contributed by atoms with Gasteiger partial charge in [0.25, 0.3) is 0 Å². The highest BCUT2D eigenvalue weighted by Gasteiger charge is 1.96. The molecule has 2 aromatic rings. The summed E-state index contributed by atoms with van der Waals surface area (Å²) in [6.45, 7) is 0. The highest BCUT2D eigenvalue weighted by molar-refractivity contribution is 7.80. The summed E-state index contributed by atoms with van der Waals surface area (Å²) in [5, 5.41) is 0.763. The smallest absolute Gasteiger partial charge is 0.0406 e. The van der Waals surface area contributed by atoms with Gasteiger partial charge in [-0.2, -0.15) is 0 Å². The number of rotatable bonds is 1. The molecule has 0 saturated heterocycles. The molecule has 2 heteroatoms. The summed E-state index contributed by atoms with van der Waals surface area (Å²) < 4.78 is 0. The van der Waals surface area contributed by atoms with Gasteiger partial charge in [-0.05, 0) is 35.4 Å². The van der Waals surface area contributed by atoms with Gasteiger partial charge in [0.2, 0.25) is 0 Å². The molecule has 0 N–H and O–H groups in total. The molecule has 0 amide bonds. The molecule has 0 aromatic heterocycles. The molecule has 0 fully saturated rings. The molecule has 70 valence electrons. The average molecular weight is 221 g/mol. The van der Waals surface area contributed by atoms with Gasteiger partial charge in [0.05, 0.1) is 0 Å². The Labute approximate surface area is 93.9 Å². The summed E-state index contributed by atoms with van der Waals surface area (Å²) in [5.74, 6) is 0. The van der Waals surface area contributed by atoms with E-state index in [2.05, 4.69) is 12.6 Å². The monoisotopic (exact) mass is 220 g/mol. The highest BCUT2D eigenvalue weighted by atomic mass is 35.5. The van der Waals surface area contributed by atoms with E-state index in [1.54, 1.807) is 0 Å². The summed E-state index contributed by atoms with van der Waals surface area (Å²) in [7, 11) is 0. The van der Waals surface area contributed by atoms with E-state index in [0.717, 1.165) is 9.92 Å². The second kappa shape index (κ2) is 4.07. The predicted octanol–water partition coefficient (Wildman–Crippen LogP) is 4.30. The van der Waals surface area contributed by atoms with E-state index in [-0.39, 0.29) is 0 Å². The van der Waals surface area contributed by atoms with Gasteiger partial charge in [-0.15, -0.1) is 12.6 Å². The minimum atomic E-state index is 0.763. The molecular weight excluding hydrogens is 212 g/mol. The lowest BCUT2D eigenvalue weighted by Gasteiger charge is -2.01. The first-order valence-electron chi connectivity index (χ1n) is 4.31. The van der Waals surface area contributed by atoms with Crippen LogP contribution >= 0.6 is 24.2 Å². The normalized spacial score (nSPS) is 10.1. The predicted molar refractivity (Wildman–Crippen MR) is 64.1 cm³/mol. The van der Waals surface area contributed by atoms with Crippen molar-refractivity contribution in [1.82, 2.24) is 0 Å². The Morgan fingerprint density at radius 3 is 1.64 bits per heavy atom. The molecule has 2 aromatic carbocycles. The second-order valence-corrected chi connectivity index (χ2v) is 4.01. The minimum Gasteiger partial charge on any atom is -0.143 e. The van der Waals surface area contributed by atoms with Crippen LogP contribution in [0.2, 0.25) is 5.02 Å². The molecule has 0 aliphatic heterocycles. The Balaban J connectivity index is 2.40. The topological polar surface area (TPSA) is 0 Å². The van der Waals surface area contributed by atoms with Crippen LogP contribution in [-0.2, 0) is 0 Å². The van der Waals surface area contributed by atoms with Crippen molar-refractivity contribution in [2.45, 2.75) is 4.90 Å². The summed E-state index contributed by atoms with van der Waals surface area (Å²) in [4.78, 5) is 0.975. The van der Waals surface area contributed by atoms with Gasteiger partial charge < -0.3 is 0 Å². The van der Waals surface area contributed by atoms with E-state index in [9.17, 15) is 0 Å². The van der Waals surface area contributed by atoms with Crippen LogP contribution in [0.5, 0.6) is 0 Å². The number of thiol groups is 1. The van der Waals surface area contributed by atoms with Crippen molar-refractivity contribution in [2.24, 2.45) is 0 Å². The van der Waals surface area contributed by atoms with Gasteiger partial charge in [-0.3, -0.25) is 0 Å². The highest BCUT2D eigenvalue weighted by Crippen LogP contribution is 2.22. The first-order valence-corrected chi connectivity index (χ1v) is 5.13. The largest absolute Gasteiger partial charge is 0.143 e. The van der Waals surface area contributed by atoms with Crippen LogP contribution in [0.4, 0.5) is 0 Å². The van der Waals surface area contributed by atoms with Crippen molar-refractivity contribution in [3.05, 3.63) is 53.6 Å². The van der Waals surface area contributed by atoms with Gasteiger partial charge >= 0.3 is 0 Å². The summed E-state index contributed by atoms with van der Waals surface area (Å²) >= 11 is 10.1. The summed E-state index contributed by atoms with van der Waals surface area (Å²) in [5.41, 5.74) is 2.35. The molecule has 2 rings (SSSR count). The number of hydrogen-bond donors (Lipinski definition) is 1. The lowest BCUT2D eigenvalue weighted by atomic mass is 10.1. The maximum atomic E-state index is 5.81. The van der Waals surface area contributed by atoms with E-state index in [1.165, 1.54) is 11.1 Å². The Morgan fingerprint density at radius 2 is 1.14 bits per heavy atom. The minimum absolute atomic E-state index is 0.763. The second-order valence-electron chi connectivity index (χ2n) is 3.05. The van der Waals surface area contributed by atoms with Crippen LogP contribution in [0.1, 0.15) is 0 Å². The molecule has 0 atom stereocenters. The maximum absolute atomic E-state index is 5.81. The molecule has 0 saturated carbocycles. The standard InChI is InChI=1S/C12H9ClS/c13-11-5-1-9(2-6-11)10-3-7-12(14)8-4-10/h1-8,14H. The molecule has 0 nitrogen and oxygen atoms in total. The van der Waals surface area contributed by atoms with Gasteiger partial charge in [-0.25, -0.2) is 0 Å². The van der Waals surface area contributed by atoms with E-state index in [1.807, 2.05) is 48.5 Å². The molecule has 0 spiro atoms. The van der Waals surface area contributed by atoms with Gasteiger partial charge in [-0.1, -0.05) is 35.9 Å². The Kier molecular flexibility index (Phi) is 2.80. The van der Waals surface area contributed by atoms with Crippen LogP contribution in [-0.4, -0.2) is 0 Å². The zero-order chi connectivity index (χ0) is 9.97. The SMILES string of the molecule is Sc1ccc(-c2ccc(Cl)cc2)cc1. The van der Waals surface area contributed by atoms with Crippen LogP contribution in [0.15, 0.2) is 53.4 Å².